The van der Waals surface area contributed by atoms with Crippen molar-refractivity contribution in [1.29, 1.82) is 0 Å². The Morgan fingerprint density at radius 2 is 1.94 bits per heavy atom. The summed E-state index contributed by atoms with van der Waals surface area (Å²) in [6.45, 7) is 9.82. The molecule has 1 rings (SSSR count). The fourth-order valence-corrected chi connectivity index (χ4v) is 2.11. The lowest BCUT2D eigenvalue weighted by Crippen LogP contribution is -2.18. The zero-order chi connectivity index (χ0) is 12.7. The number of hydrogen-bond acceptors (Lipinski definition) is 2. The molecule has 0 aliphatic carbocycles. The van der Waals surface area contributed by atoms with Crippen molar-refractivity contribution in [3.63, 3.8) is 0 Å². The van der Waals surface area contributed by atoms with Crippen LogP contribution in [0, 0.1) is 0 Å². The predicted molar refractivity (Wildman–Crippen MR) is 76.5 cm³/mol. The smallest absolute Gasteiger partial charge is 0.0345 e. The van der Waals surface area contributed by atoms with Crippen LogP contribution in [0.5, 0.6) is 0 Å². The third-order valence-corrected chi connectivity index (χ3v) is 3.03. The van der Waals surface area contributed by atoms with Crippen molar-refractivity contribution in [3.05, 3.63) is 29.8 Å². The van der Waals surface area contributed by atoms with Crippen LogP contribution in [0.2, 0.25) is 0 Å². The molecule has 0 saturated carbocycles. The number of benzene rings is 1. The normalized spacial score (nSPS) is 14.4. The van der Waals surface area contributed by atoms with Gasteiger partial charge in [-0.15, -0.1) is 0 Å². The van der Waals surface area contributed by atoms with Gasteiger partial charge in [-0.3, -0.25) is 0 Å². The first-order valence-electron chi connectivity index (χ1n) is 6.77. The fraction of sp³-hybridized carbons (Fsp3) is 0.600. The molecule has 0 amide bonds. The van der Waals surface area contributed by atoms with Gasteiger partial charge in [0.1, 0.15) is 0 Å². The lowest BCUT2D eigenvalue weighted by Gasteiger charge is -2.17. The molecule has 1 aromatic carbocycles. The third-order valence-electron chi connectivity index (χ3n) is 3.03. The quantitative estimate of drug-likeness (QED) is 0.746. The molecule has 0 aromatic heterocycles. The Labute approximate surface area is 106 Å². The van der Waals surface area contributed by atoms with Crippen LogP contribution < -0.4 is 10.6 Å². The van der Waals surface area contributed by atoms with Crippen molar-refractivity contribution in [3.8, 4) is 0 Å². The molecule has 17 heavy (non-hydrogen) atoms. The second-order valence-electron chi connectivity index (χ2n) is 4.74. The van der Waals surface area contributed by atoms with Crippen LogP contribution in [-0.2, 0) is 0 Å². The molecule has 0 aliphatic heterocycles. The zero-order valence-electron chi connectivity index (χ0n) is 11.6. The lowest BCUT2D eigenvalue weighted by molar-refractivity contribution is 0.598. The number of hydrogen-bond donors (Lipinski definition) is 2. The Bertz CT molecular complexity index is 322. The monoisotopic (exact) mass is 234 g/mol. The molecule has 0 saturated heterocycles. The van der Waals surface area contributed by atoms with E-state index in [1.54, 1.807) is 0 Å². The van der Waals surface area contributed by atoms with E-state index >= 15 is 0 Å². The fourth-order valence-electron chi connectivity index (χ4n) is 2.11. The van der Waals surface area contributed by atoms with Gasteiger partial charge in [-0.1, -0.05) is 32.4 Å². The van der Waals surface area contributed by atoms with E-state index in [2.05, 4.69) is 62.6 Å². The lowest BCUT2D eigenvalue weighted by atomic mass is 10.1. The minimum atomic E-state index is 0.420. The van der Waals surface area contributed by atoms with Gasteiger partial charge in [-0.2, -0.15) is 0 Å². The molecule has 0 radical (unpaired) electrons. The van der Waals surface area contributed by atoms with E-state index < -0.39 is 0 Å². The predicted octanol–water partition coefficient (Wildman–Crippen LogP) is 3.96. The molecule has 0 fully saturated rings. The maximum atomic E-state index is 3.55. The molecule has 0 bridgehead atoms. The van der Waals surface area contributed by atoms with Crippen LogP contribution in [-0.4, -0.2) is 12.6 Å². The summed E-state index contributed by atoms with van der Waals surface area (Å²) >= 11 is 0. The van der Waals surface area contributed by atoms with Gasteiger partial charge < -0.3 is 10.6 Å². The first-order valence-corrected chi connectivity index (χ1v) is 6.77. The summed E-state index contributed by atoms with van der Waals surface area (Å²) in [7, 11) is 0. The Hall–Kier alpha value is -1.02. The number of rotatable bonds is 7. The molecular formula is C15H26N2. The summed E-state index contributed by atoms with van der Waals surface area (Å²) in [5.41, 5.74) is 2.58. The molecule has 96 valence electrons. The average Bonchev–Trinajstić information content (AvgIpc) is 2.30. The molecule has 0 spiro atoms. The van der Waals surface area contributed by atoms with E-state index in [1.807, 2.05) is 0 Å². The van der Waals surface area contributed by atoms with E-state index in [0.717, 1.165) is 6.54 Å². The highest BCUT2D eigenvalue weighted by atomic mass is 14.9. The summed E-state index contributed by atoms with van der Waals surface area (Å²) in [5, 5.41) is 6.99. The molecule has 0 aliphatic rings. The van der Waals surface area contributed by atoms with Crippen molar-refractivity contribution in [1.82, 2.24) is 5.32 Å². The van der Waals surface area contributed by atoms with Gasteiger partial charge >= 0.3 is 0 Å². The SMILES string of the molecule is CCCC(C)Nc1cccc(C(C)NCC)c1. The van der Waals surface area contributed by atoms with Gasteiger partial charge in [0.2, 0.25) is 0 Å². The van der Waals surface area contributed by atoms with Gasteiger partial charge in [-0.25, -0.2) is 0 Å². The van der Waals surface area contributed by atoms with Gasteiger partial charge in [0.25, 0.3) is 0 Å². The van der Waals surface area contributed by atoms with E-state index in [4.69, 9.17) is 0 Å². The van der Waals surface area contributed by atoms with Crippen molar-refractivity contribution >= 4 is 5.69 Å². The molecule has 2 N–H and O–H groups in total. The summed E-state index contributed by atoms with van der Waals surface area (Å²) in [6.07, 6.45) is 2.44. The Kier molecular flexibility index (Phi) is 6.06. The van der Waals surface area contributed by atoms with Crippen molar-refractivity contribution in [2.45, 2.75) is 52.6 Å². The van der Waals surface area contributed by atoms with Gasteiger partial charge in [-0.05, 0) is 44.5 Å². The first-order chi connectivity index (χ1) is 8.17. The third kappa shape index (κ3) is 4.78. The maximum absolute atomic E-state index is 3.55. The summed E-state index contributed by atoms with van der Waals surface area (Å²) in [5.74, 6) is 0. The molecule has 2 unspecified atom stereocenters. The summed E-state index contributed by atoms with van der Waals surface area (Å²) in [4.78, 5) is 0. The van der Waals surface area contributed by atoms with E-state index in [9.17, 15) is 0 Å². The van der Waals surface area contributed by atoms with Crippen LogP contribution in [0.4, 0.5) is 5.69 Å². The summed E-state index contributed by atoms with van der Waals surface area (Å²) in [6, 6.07) is 9.67. The highest BCUT2D eigenvalue weighted by Crippen LogP contribution is 2.18. The number of anilines is 1. The average molecular weight is 234 g/mol. The van der Waals surface area contributed by atoms with E-state index in [0.29, 0.717) is 12.1 Å². The first kappa shape index (κ1) is 14.0. The largest absolute Gasteiger partial charge is 0.383 e. The highest BCUT2D eigenvalue weighted by Gasteiger charge is 2.05. The van der Waals surface area contributed by atoms with Crippen LogP contribution in [0.1, 0.15) is 52.1 Å². The summed E-state index contributed by atoms with van der Waals surface area (Å²) < 4.78 is 0. The topological polar surface area (TPSA) is 24.1 Å². The maximum Gasteiger partial charge on any atom is 0.0345 e. The van der Waals surface area contributed by atoms with Gasteiger partial charge in [0.05, 0.1) is 0 Å². The van der Waals surface area contributed by atoms with Crippen LogP contribution in [0.15, 0.2) is 24.3 Å². The van der Waals surface area contributed by atoms with Gasteiger partial charge in [0, 0.05) is 17.8 Å². The molecule has 2 nitrogen and oxygen atoms in total. The molecule has 0 heterocycles. The minimum absolute atomic E-state index is 0.420. The van der Waals surface area contributed by atoms with Crippen molar-refractivity contribution in [2.75, 3.05) is 11.9 Å². The van der Waals surface area contributed by atoms with Crippen LogP contribution >= 0.6 is 0 Å². The molecule has 1 aromatic rings. The van der Waals surface area contributed by atoms with E-state index in [-0.39, 0.29) is 0 Å². The van der Waals surface area contributed by atoms with Crippen LogP contribution in [0.3, 0.4) is 0 Å². The second kappa shape index (κ2) is 7.33. The zero-order valence-corrected chi connectivity index (χ0v) is 11.6. The molecule has 2 atom stereocenters. The standard InChI is InChI=1S/C15H26N2/c1-5-8-12(3)17-15-10-7-9-14(11-15)13(4)16-6-2/h7,9-13,16-17H,5-6,8H2,1-4H3. The van der Waals surface area contributed by atoms with Crippen LogP contribution in [0.25, 0.3) is 0 Å². The number of nitrogens with one attached hydrogen (secondary N) is 2. The molecule has 2 heteroatoms. The van der Waals surface area contributed by atoms with Crippen molar-refractivity contribution in [2.24, 2.45) is 0 Å². The Morgan fingerprint density at radius 1 is 1.18 bits per heavy atom. The van der Waals surface area contributed by atoms with E-state index in [1.165, 1.54) is 24.1 Å². The second-order valence-corrected chi connectivity index (χ2v) is 4.74. The minimum Gasteiger partial charge on any atom is -0.383 e. The van der Waals surface area contributed by atoms with Gasteiger partial charge in [0.15, 0.2) is 0 Å². The van der Waals surface area contributed by atoms with Crippen molar-refractivity contribution < 1.29 is 0 Å². The highest BCUT2D eigenvalue weighted by molar-refractivity contribution is 5.47. The Morgan fingerprint density at radius 3 is 2.59 bits per heavy atom. The molecular weight excluding hydrogens is 208 g/mol. The Balaban J connectivity index is 2.65.